The molecule has 30 heavy (non-hydrogen) atoms. The molecule has 0 aliphatic carbocycles. The van der Waals surface area contributed by atoms with Gasteiger partial charge in [0.2, 0.25) is 10.0 Å². The molecule has 170 valence electrons. The maximum atomic E-state index is 12.6. The van der Waals surface area contributed by atoms with Gasteiger partial charge in [0.15, 0.2) is 5.96 Å². The normalized spacial score (nSPS) is 22.4. The molecule has 0 amide bonds. The molecule has 10 heteroatoms. The standard InChI is InChI=1S/C20H36N6O3S/c1-18-6-5-10-24(16-18)9-4-3-8-22-20(21-2)25-11-13-26(14-12-25)30(27,28)17-19-7-15-29-23-19/h7,15,18H,3-6,8-14,16-17H2,1-2H3,(H,21,22). The lowest BCUT2D eigenvalue weighted by atomic mass is 10.0. The second-order valence-electron chi connectivity index (χ2n) is 8.36. The number of nitrogens with zero attached hydrogens (tertiary/aromatic N) is 5. The van der Waals surface area contributed by atoms with Gasteiger partial charge < -0.3 is 19.6 Å². The van der Waals surface area contributed by atoms with Gasteiger partial charge in [-0.05, 0) is 44.7 Å². The minimum atomic E-state index is -3.38. The number of hydrogen-bond donors (Lipinski definition) is 1. The maximum Gasteiger partial charge on any atom is 0.220 e. The van der Waals surface area contributed by atoms with E-state index in [1.165, 1.54) is 49.5 Å². The van der Waals surface area contributed by atoms with Gasteiger partial charge in [0.1, 0.15) is 12.0 Å². The second kappa shape index (κ2) is 11.1. The van der Waals surface area contributed by atoms with Crippen LogP contribution in [0.4, 0.5) is 0 Å². The SMILES string of the molecule is CN=C(NCCCCN1CCCC(C)C1)N1CCN(S(=O)(=O)Cc2ccon2)CC1. The fraction of sp³-hybridized carbons (Fsp3) is 0.800. The van der Waals surface area contributed by atoms with Crippen molar-refractivity contribution in [3.63, 3.8) is 0 Å². The van der Waals surface area contributed by atoms with E-state index in [9.17, 15) is 8.42 Å². The molecule has 9 nitrogen and oxygen atoms in total. The molecule has 3 rings (SSSR count). The van der Waals surface area contributed by atoms with Crippen molar-refractivity contribution >= 4 is 16.0 Å². The number of rotatable bonds is 8. The molecule has 0 radical (unpaired) electrons. The average molecular weight is 441 g/mol. The minimum Gasteiger partial charge on any atom is -0.364 e. The van der Waals surface area contributed by atoms with Crippen molar-refractivity contribution in [2.75, 3.05) is 59.4 Å². The Kier molecular flexibility index (Phi) is 8.52. The molecule has 2 aliphatic rings. The number of likely N-dealkylation sites (tertiary alicyclic amines) is 1. The summed E-state index contributed by atoms with van der Waals surface area (Å²) in [5.41, 5.74) is 0.439. The summed E-state index contributed by atoms with van der Waals surface area (Å²) in [6, 6.07) is 1.59. The zero-order chi connectivity index (χ0) is 21.4. The molecular weight excluding hydrogens is 404 g/mol. The van der Waals surface area contributed by atoms with Crippen molar-refractivity contribution in [1.29, 1.82) is 0 Å². The van der Waals surface area contributed by atoms with E-state index in [0.29, 0.717) is 31.9 Å². The first-order valence-corrected chi connectivity index (χ1v) is 12.6. The number of hydrogen-bond acceptors (Lipinski definition) is 6. The largest absolute Gasteiger partial charge is 0.364 e. The van der Waals surface area contributed by atoms with Gasteiger partial charge in [0.25, 0.3) is 0 Å². The molecule has 1 unspecified atom stereocenters. The summed E-state index contributed by atoms with van der Waals surface area (Å²) < 4.78 is 31.4. The van der Waals surface area contributed by atoms with E-state index in [-0.39, 0.29) is 5.75 Å². The van der Waals surface area contributed by atoms with Crippen LogP contribution in [0.15, 0.2) is 21.8 Å². The first-order valence-electron chi connectivity index (χ1n) is 11.0. The molecule has 2 aliphatic heterocycles. The predicted octanol–water partition coefficient (Wildman–Crippen LogP) is 1.21. The number of piperidine rings is 1. The zero-order valence-electron chi connectivity index (χ0n) is 18.3. The third-order valence-corrected chi connectivity index (χ3v) is 7.70. The Balaban J connectivity index is 1.35. The maximum absolute atomic E-state index is 12.6. The molecule has 1 N–H and O–H groups in total. The number of sulfonamides is 1. The highest BCUT2D eigenvalue weighted by Crippen LogP contribution is 2.16. The van der Waals surface area contributed by atoms with Gasteiger partial charge in [0, 0.05) is 52.4 Å². The monoisotopic (exact) mass is 440 g/mol. The molecule has 0 bridgehead atoms. The van der Waals surface area contributed by atoms with E-state index in [4.69, 9.17) is 4.52 Å². The third kappa shape index (κ3) is 6.68. The molecular formula is C20H36N6O3S. The Morgan fingerprint density at radius 1 is 1.27 bits per heavy atom. The smallest absolute Gasteiger partial charge is 0.220 e. The van der Waals surface area contributed by atoms with Gasteiger partial charge in [-0.1, -0.05) is 12.1 Å². The lowest BCUT2D eigenvalue weighted by Gasteiger charge is -2.35. The highest BCUT2D eigenvalue weighted by molar-refractivity contribution is 7.88. The number of nitrogens with one attached hydrogen (secondary N) is 1. The van der Waals surface area contributed by atoms with Gasteiger partial charge in [-0.2, -0.15) is 4.31 Å². The summed E-state index contributed by atoms with van der Waals surface area (Å²) in [6.07, 6.45) is 6.38. The van der Waals surface area contributed by atoms with Crippen LogP contribution in [0.5, 0.6) is 0 Å². The third-order valence-electron chi connectivity index (χ3n) is 5.89. The Morgan fingerprint density at radius 3 is 2.73 bits per heavy atom. The fourth-order valence-corrected chi connectivity index (χ4v) is 5.68. The van der Waals surface area contributed by atoms with Crippen LogP contribution in [0.25, 0.3) is 0 Å². The molecule has 1 atom stereocenters. The van der Waals surface area contributed by atoms with Gasteiger partial charge >= 0.3 is 0 Å². The van der Waals surface area contributed by atoms with E-state index in [1.54, 1.807) is 13.1 Å². The van der Waals surface area contributed by atoms with E-state index >= 15 is 0 Å². The van der Waals surface area contributed by atoms with Crippen LogP contribution in [0.3, 0.4) is 0 Å². The van der Waals surface area contributed by atoms with Crippen LogP contribution in [-0.4, -0.2) is 93.0 Å². The molecule has 0 spiro atoms. The Labute approximate surface area is 180 Å². The second-order valence-corrected chi connectivity index (χ2v) is 10.3. The average Bonchev–Trinajstić information content (AvgIpc) is 3.23. The molecule has 1 aromatic heterocycles. The van der Waals surface area contributed by atoms with Crippen molar-refractivity contribution < 1.29 is 12.9 Å². The number of aromatic nitrogens is 1. The summed E-state index contributed by atoms with van der Waals surface area (Å²) in [6.45, 7) is 9.04. The Hall–Kier alpha value is -1.65. The number of piperazine rings is 1. The molecule has 2 saturated heterocycles. The first-order chi connectivity index (χ1) is 14.5. The number of guanidine groups is 1. The lowest BCUT2D eigenvalue weighted by molar-refractivity contribution is 0.181. The van der Waals surface area contributed by atoms with E-state index < -0.39 is 10.0 Å². The highest BCUT2D eigenvalue weighted by Gasteiger charge is 2.28. The predicted molar refractivity (Wildman–Crippen MR) is 118 cm³/mol. The Bertz CT molecular complexity index is 760. The molecule has 2 fully saturated rings. The van der Waals surface area contributed by atoms with Gasteiger partial charge in [-0.15, -0.1) is 0 Å². The van der Waals surface area contributed by atoms with E-state index in [1.807, 2.05) is 0 Å². The number of unbranched alkanes of at least 4 members (excludes halogenated alkanes) is 1. The first kappa shape index (κ1) is 23.0. The summed E-state index contributed by atoms with van der Waals surface area (Å²) in [5, 5.41) is 7.15. The number of aliphatic imine (C=N–C) groups is 1. The van der Waals surface area contributed by atoms with Crippen LogP contribution in [0, 0.1) is 5.92 Å². The van der Waals surface area contributed by atoms with E-state index in [2.05, 4.69) is 32.2 Å². The summed E-state index contributed by atoms with van der Waals surface area (Å²) >= 11 is 0. The van der Waals surface area contributed by atoms with Crippen LogP contribution in [0.2, 0.25) is 0 Å². The molecule has 3 heterocycles. The summed E-state index contributed by atoms with van der Waals surface area (Å²) in [5.74, 6) is 1.57. The molecule has 1 aromatic rings. The minimum absolute atomic E-state index is 0.119. The van der Waals surface area contributed by atoms with Crippen molar-refractivity contribution in [3.8, 4) is 0 Å². The lowest BCUT2D eigenvalue weighted by Crippen LogP contribution is -2.54. The fourth-order valence-electron chi connectivity index (χ4n) is 4.25. The zero-order valence-corrected chi connectivity index (χ0v) is 19.1. The van der Waals surface area contributed by atoms with Gasteiger partial charge in [-0.3, -0.25) is 4.99 Å². The summed E-state index contributed by atoms with van der Waals surface area (Å²) in [4.78, 5) is 9.11. The van der Waals surface area contributed by atoms with Gasteiger partial charge in [0.05, 0.1) is 5.69 Å². The quantitative estimate of drug-likeness (QED) is 0.369. The van der Waals surface area contributed by atoms with Crippen LogP contribution in [-0.2, 0) is 15.8 Å². The van der Waals surface area contributed by atoms with Crippen LogP contribution < -0.4 is 5.32 Å². The van der Waals surface area contributed by atoms with Crippen LogP contribution >= 0.6 is 0 Å². The van der Waals surface area contributed by atoms with Crippen molar-refractivity contribution in [2.45, 2.75) is 38.4 Å². The van der Waals surface area contributed by atoms with E-state index in [0.717, 1.165) is 24.8 Å². The van der Waals surface area contributed by atoms with Gasteiger partial charge in [-0.25, -0.2) is 8.42 Å². The Morgan fingerprint density at radius 2 is 2.07 bits per heavy atom. The van der Waals surface area contributed by atoms with Crippen molar-refractivity contribution in [3.05, 3.63) is 18.0 Å². The van der Waals surface area contributed by atoms with Crippen molar-refractivity contribution in [1.82, 2.24) is 24.6 Å². The van der Waals surface area contributed by atoms with Crippen molar-refractivity contribution in [2.24, 2.45) is 10.9 Å². The van der Waals surface area contributed by atoms with Crippen LogP contribution in [0.1, 0.15) is 38.3 Å². The molecule has 0 aromatic carbocycles. The summed E-state index contributed by atoms with van der Waals surface area (Å²) in [7, 11) is -1.60. The highest BCUT2D eigenvalue weighted by atomic mass is 32.2. The topological polar surface area (TPSA) is 94.3 Å². The molecule has 0 saturated carbocycles.